The summed E-state index contributed by atoms with van der Waals surface area (Å²) in [5.41, 5.74) is 10.4. The fourth-order valence-corrected chi connectivity index (χ4v) is 1.29. The van der Waals surface area contributed by atoms with Crippen LogP contribution in [0.15, 0.2) is 24.3 Å². The summed E-state index contributed by atoms with van der Waals surface area (Å²) in [4.78, 5) is 20.4. The highest BCUT2D eigenvalue weighted by Crippen LogP contribution is 2.14. The van der Waals surface area contributed by atoms with Crippen molar-refractivity contribution < 1.29 is 24.9 Å². The molecule has 1 atom stereocenters. The number of phenols is 1. The number of hydrogen-bond acceptors (Lipinski definition) is 5. The van der Waals surface area contributed by atoms with E-state index in [1.54, 1.807) is 12.1 Å². The molecule has 0 saturated carbocycles. The summed E-state index contributed by atoms with van der Waals surface area (Å²) >= 11 is 0. The molecular formula is C13H20N2O5. The highest BCUT2D eigenvalue weighted by Gasteiger charge is 2.09. The van der Waals surface area contributed by atoms with Crippen LogP contribution in [0.3, 0.4) is 0 Å². The minimum absolute atomic E-state index is 0.0671. The van der Waals surface area contributed by atoms with E-state index in [4.69, 9.17) is 26.8 Å². The molecule has 20 heavy (non-hydrogen) atoms. The first kappa shape index (κ1) is 17.9. The molecular weight excluding hydrogens is 264 g/mol. The maximum Gasteiger partial charge on any atom is 0.339 e. The van der Waals surface area contributed by atoms with Gasteiger partial charge in [0.2, 0.25) is 0 Å². The molecule has 1 aromatic rings. The lowest BCUT2D eigenvalue weighted by atomic mass is 10.1. The number of rotatable bonds is 6. The molecule has 7 heteroatoms. The van der Waals surface area contributed by atoms with Crippen LogP contribution in [0, 0.1) is 0 Å². The van der Waals surface area contributed by atoms with Gasteiger partial charge in [-0.3, -0.25) is 4.79 Å². The molecule has 0 heterocycles. The number of nitrogens with two attached hydrogens (primary N) is 2. The molecule has 0 spiro atoms. The largest absolute Gasteiger partial charge is 0.507 e. The van der Waals surface area contributed by atoms with Gasteiger partial charge in [0.15, 0.2) is 0 Å². The van der Waals surface area contributed by atoms with E-state index in [0.717, 1.165) is 12.8 Å². The van der Waals surface area contributed by atoms with E-state index in [1.165, 1.54) is 12.1 Å². The van der Waals surface area contributed by atoms with Crippen molar-refractivity contribution in [2.75, 3.05) is 6.54 Å². The number of carboxylic acids is 2. The third-order valence-electron chi connectivity index (χ3n) is 2.42. The lowest BCUT2D eigenvalue weighted by Gasteiger charge is -2.03. The second-order valence-electron chi connectivity index (χ2n) is 4.05. The molecule has 0 aliphatic rings. The van der Waals surface area contributed by atoms with Crippen molar-refractivity contribution in [3.05, 3.63) is 29.8 Å². The molecule has 1 rings (SSSR count). The lowest BCUT2D eigenvalue weighted by Crippen LogP contribution is -2.29. The maximum atomic E-state index is 10.3. The monoisotopic (exact) mass is 284 g/mol. The van der Waals surface area contributed by atoms with Gasteiger partial charge < -0.3 is 26.8 Å². The van der Waals surface area contributed by atoms with Gasteiger partial charge >= 0.3 is 11.9 Å². The van der Waals surface area contributed by atoms with Crippen molar-refractivity contribution in [3.63, 3.8) is 0 Å². The molecule has 0 amide bonds. The van der Waals surface area contributed by atoms with E-state index in [1.807, 2.05) is 0 Å². The number of aromatic carboxylic acids is 1. The van der Waals surface area contributed by atoms with Gasteiger partial charge in [0.05, 0.1) is 0 Å². The molecule has 0 aliphatic heterocycles. The van der Waals surface area contributed by atoms with E-state index in [0.29, 0.717) is 13.0 Å². The number of hydrogen-bond donors (Lipinski definition) is 5. The quantitative estimate of drug-likeness (QED) is 0.481. The van der Waals surface area contributed by atoms with Crippen LogP contribution < -0.4 is 11.5 Å². The van der Waals surface area contributed by atoms with Gasteiger partial charge in [-0.1, -0.05) is 18.6 Å². The number of carbonyl (C=O) groups is 2. The van der Waals surface area contributed by atoms with Crippen molar-refractivity contribution in [1.82, 2.24) is 0 Å². The Morgan fingerprint density at radius 2 is 1.75 bits per heavy atom. The standard InChI is InChI=1S/C7H6O3.C6H14N2O2/c8-6-4-2-1-3-5(6)7(9)10;7-4-2-1-3-5(8)6(9)10/h1-4,8H,(H,9,10);5H,1-4,7-8H2,(H,9,10)/t;5-/m.0/s1. The van der Waals surface area contributed by atoms with Gasteiger partial charge in [0.25, 0.3) is 0 Å². The second-order valence-corrected chi connectivity index (χ2v) is 4.05. The maximum absolute atomic E-state index is 10.3. The average molecular weight is 284 g/mol. The molecule has 0 aliphatic carbocycles. The van der Waals surface area contributed by atoms with Crippen molar-refractivity contribution in [1.29, 1.82) is 0 Å². The lowest BCUT2D eigenvalue weighted by molar-refractivity contribution is -0.138. The van der Waals surface area contributed by atoms with Gasteiger partial charge in [-0.2, -0.15) is 0 Å². The Morgan fingerprint density at radius 1 is 1.15 bits per heavy atom. The number of para-hydroxylation sites is 1. The summed E-state index contributed by atoms with van der Waals surface area (Å²) in [5, 5.41) is 25.6. The molecule has 0 fully saturated rings. The molecule has 1 aromatic carbocycles. The SMILES string of the molecule is NCCCC[C@H](N)C(=O)O.O=C(O)c1ccccc1O. The van der Waals surface area contributed by atoms with Gasteiger partial charge in [-0.25, -0.2) is 4.79 Å². The number of unbranched alkanes of at least 4 members (excludes halogenated alkanes) is 1. The predicted molar refractivity (Wildman–Crippen MR) is 73.6 cm³/mol. The first-order valence-electron chi connectivity index (χ1n) is 6.09. The Hall–Kier alpha value is -2.12. The molecule has 0 aromatic heterocycles. The number of aliphatic carboxylic acids is 1. The van der Waals surface area contributed by atoms with Crippen molar-refractivity contribution >= 4 is 11.9 Å². The smallest absolute Gasteiger partial charge is 0.339 e. The summed E-state index contributed by atoms with van der Waals surface area (Å²) in [6.45, 7) is 0.604. The van der Waals surface area contributed by atoms with Crippen LogP contribution in [-0.4, -0.2) is 39.8 Å². The van der Waals surface area contributed by atoms with Crippen molar-refractivity contribution in [2.24, 2.45) is 11.5 Å². The van der Waals surface area contributed by atoms with E-state index in [2.05, 4.69) is 0 Å². The molecule has 112 valence electrons. The fraction of sp³-hybridized carbons (Fsp3) is 0.385. The molecule has 0 bridgehead atoms. The molecule has 0 saturated heterocycles. The zero-order chi connectivity index (χ0) is 15.5. The highest BCUT2D eigenvalue weighted by atomic mass is 16.4. The summed E-state index contributed by atoms with van der Waals surface area (Å²) in [6.07, 6.45) is 2.16. The van der Waals surface area contributed by atoms with E-state index >= 15 is 0 Å². The summed E-state index contributed by atoms with van der Waals surface area (Å²) in [7, 11) is 0. The van der Waals surface area contributed by atoms with Crippen LogP contribution in [0.5, 0.6) is 5.75 Å². The normalized spacial score (nSPS) is 11.1. The zero-order valence-corrected chi connectivity index (χ0v) is 11.0. The fourth-order valence-electron chi connectivity index (χ4n) is 1.29. The molecule has 7 N–H and O–H groups in total. The zero-order valence-electron chi connectivity index (χ0n) is 11.0. The average Bonchev–Trinajstić information content (AvgIpc) is 2.39. The Balaban J connectivity index is 0.000000361. The van der Waals surface area contributed by atoms with Crippen LogP contribution in [0.2, 0.25) is 0 Å². The Labute approximate surface area is 116 Å². The summed E-state index contributed by atoms with van der Waals surface area (Å²) < 4.78 is 0. The Bertz CT molecular complexity index is 437. The summed E-state index contributed by atoms with van der Waals surface area (Å²) in [5.74, 6) is -2.25. The third-order valence-corrected chi connectivity index (χ3v) is 2.42. The van der Waals surface area contributed by atoms with Gasteiger partial charge in [-0.15, -0.1) is 0 Å². The first-order chi connectivity index (χ1) is 9.40. The van der Waals surface area contributed by atoms with Crippen molar-refractivity contribution in [2.45, 2.75) is 25.3 Å². The summed E-state index contributed by atoms with van der Waals surface area (Å²) in [6, 6.07) is 5.10. The number of carboxylic acid groups (broad SMARTS) is 2. The van der Waals surface area contributed by atoms with Crippen LogP contribution >= 0.6 is 0 Å². The van der Waals surface area contributed by atoms with Crippen LogP contribution in [0.4, 0.5) is 0 Å². The van der Waals surface area contributed by atoms with Gasteiger partial charge in [0, 0.05) is 0 Å². The predicted octanol–water partition coefficient (Wildman–Crippen LogP) is 0.618. The first-order valence-corrected chi connectivity index (χ1v) is 6.09. The van der Waals surface area contributed by atoms with Crippen LogP contribution in [0.1, 0.15) is 29.6 Å². The second kappa shape index (κ2) is 9.76. The van der Waals surface area contributed by atoms with Gasteiger partial charge in [0.1, 0.15) is 17.4 Å². The van der Waals surface area contributed by atoms with Crippen molar-refractivity contribution in [3.8, 4) is 5.75 Å². The Morgan fingerprint density at radius 3 is 2.15 bits per heavy atom. The molecule has 0 radical (unpaired) electrons. The van der Waals surface area contributed by atoms with E-state index in [9.17, 15) is 9.59 Å². The van der Waals surface area contributed by atoms with E-state index in [-0.39, 0.29) is 11.3 Å². The minimum atomic E-state index is -1.11. The van der Waals surface area contributed by atoms with E-state index < -0.39 is 18.0 Å². The topological polar surface area (TPSA) is 147 Å². The number of aromatic hydroxyl groups is 1. The highest BCUT2D eigenvalue weighted by molar-refractivity contribution is 5.90. The number of benzene rings is 1. The molecule has 7 nitrogen and oxygen atoms in total. The Kier molecular flexibility index (Phi) is 8.73. The third kappa shape index (κ3) is 7.34. The molecule has 0 unspecified atom stereocenters. The van der Waals surface area contributed by atoms with Crippen LogP contribution in [0.25, 0.3) is 0 Å². The van der Waals surface area contributed by atoms with Gasteiger partial charge in [-0.05, 0) is 31.5 Å². The minimum Gasteiger partial charge on any atom is -0.507 e. The van der Waals surface area contributed by atoms with Crippen LogP contribution in [-0.2, 0) is 4.79 Å².